The summed E-state index contributed by atoms with van der Waals surface area (Å²) in [7, 11) is 0. The van der Waals surface area contributed by atoms with E-state index in [9.17, 15) is 0 Å². The molecule has 3 N–H and O–H groups in total. The molecule has 0 saturated heterocycles. The molecule has 0 bridgehead atoms. The van der Waals surface area contributed by atoms with Gasteiger partial charge in [-0.15, -0.1) is 0 Å². The zero-order chi connectivity index (χ0) is 25.7. The Morgan fingerprint density at radius 1 is 1.03 bits per heavy atom. The van der Waals surface area contributed by atoms with Crippen LogP contribution in [0.5, 0.6) is 0 Å². The molecular formula is C31H29N7. The number of aromatic nitrogens is 5. The number of aromatic amines is 1. The molecule has 1 aliphatic heterocycles. The van der Waals surface area contributed by atoms with E-state index in [-0.39, 0.29) is 5.54 Å². The molecule has 1 unspecified atom stereocenters. The fraction of sp³-hybridized carbons (Fsp3) is 0.226. The third-order valence-corrected chi connectivity index (χ3v) is 8.02. The number of rotatable bonds is 6. The topological polar surface area (TPSA) is 91.4 Å². The molecule has 0 spiro atoms. The first-order valence-electron chi connectivity index (χ1n) is 13.1. The van der Waals surface area contributed by atoms with Crippen molar-refractivity contribution >= 4 is 22.3 Å². The van der Waals surface area contributed by atoms with Gasteiger partial charge in [0.25, 0.3) is 0 Å². The van der Waals surface area contributed by atoms with Gasteiger partial charge in [0.05, 0.1) is 46.2 Å². The van der Waals surface area contributed by atoms with E-state index in [1.807, 2.05) is 49.2 Å². The number of H-pyrrole nitrogens is 1. The highest BCUT2D eigenvalue weighted by Gasteiger charge is 2.38. The van der Waals surface area contributed by atoms with Crippen LogP contribution in [0, 0.1) is 5.92 Å². The van der Waals surface area contributed by atoms with Gasteiger partial charge in [-0.3, -0.25) is 20.1 Å². The largest absolute Gasteiger partial charge is 0.372 e. The molecule has 7 nitrogen and oxygen atoms in total. The number of nitrogens with one attached hydrogen (secondary N) is 3. The second-order valence-corrected chi connectivity index (χ2v) is 10.6. The Morgan fingerprint density at radius 2 is 1.92 bits per heavy atom. The monoisotopic (exact) mass is 499 g/mol. The average molecular weight is 500 g/mol. The van der Waals surface area contributed by atoms with Crippen LogP contribution < -0.4 is 10.6 Å². The lowest BCUT2D eigenvalue weighted by Crippen LogP contribution is -2.29. The zero-order valence-electron chi connectivity index (χ0n) is 21.3. The van der Waals surface area contributed by atoms with E-state index in [1.54, 1.807) is 0 Å². The molecule has 1 saturated carbocycles. The fourth-order valence-electron chi connectivity index (χ4n) is 5.69. The molecular weight excluding hydrogens is 470 g/mol. The molecule has 4 aromatic heterocycles. The first kappa shape index (κ1) is 22.7. The van der Waals surface area contributed by atoms with E-state index in [4.69, 9.17) is 0 Å². The lowest BCUT2D eigenvalue weighted by molar-refractivity contribution is 0.371. The van der Waals surface area contributed by atoms with Gasteiger partial charge in [-0.25, -0.2) is 0 Å². The Morgan fingerprint density at radius 3 is 2.74 bits per heavy atom. The number of pyridine rings is 3. The van der Waals surface area contributed by atoms with Crippen LogP contribution in [-0.2, 0) is 12.0 Å². The van der Waals surface area contributed by atoms with Crippen molar-refractivity contribution in [3.63, 3.8) is 0 Å². The molecule has 7 heteroatoms. The van der Waals surface area contributed by atoms with Crippen LogP contribution in [0.2, 0.25) is 0 Å². The van der Waals surface area contributed by atoms with Crippen LogP contribution >= 0.6 is 0 Å². The molecule has 5 heterocycles. The molecule has 1 aromatic carbocycles. The van der Waals surface area contributed by atoms with Crippen molar-refractivity contribution < 1.29 is 0 Å². The molecule has 0 amide bonds. The van der Waals surface area contributed by atoms with E-state index in [2.05, 4.69) is 73.6 Å². The minimum atomic E-state index is -0.371. The minimum Gasteiger partial charge on any atom is -0.372 e. The van der Waals surface area contributed by atoms with Gasteiger partial charge >= 0.3 is 0 Å². The van der Waals surface area contributed by atoms with Crippen molar-refractivity contribution in [3.05, 3.63) is 97.0 Å². The molecule has 1 aliphatic carbocycles. The maximum atomic E-state index is 4.65. The van der Waals surface area contributed by atoms with Crippen molar-refractivity contribution in [1.29, 1.82) is 0 Å². The van der Waals surface area contributed by atoms with Gasteiger partial charge in [0.2, 0.25) is 0 Å². The lowest BCUT2D eigenvalue weighted by atomic mass is 9.83. The van der Waals surface area contributed by atoms with Crippen LogP contribution in [-0.4, -0.2) is 25.1 Å². The first-order valence-corrected chi connectivity index (χ1v) is 13.1. The summed E-state index contributed by atoms with van der Waals surface area (Å²) < 4.78 is 0. The van der Waals surface area contributed by atoms with Crippen molar-refractivity contribution in [2.45, 2.75) is 38.1 Å². The summed E-state index contributed by atoms with van der Waals surface area (Å²) in [6.07, 6.45) is 13.9. The summed E-state index contributed by atoms with van der Waals surface area (Å²) in [5, 5.41) is 16.3. The van der Waals surface area contributed by atoms with Crippen molar-refractivity contribution in [1.82, 2.24) is 25.1 Å². The number of anilines is 2. The standard InChI is InChI=1S/C31H29N7/c1-19(20-6-5-7-20)35-23-12-22(15-32-16-23)21-9-10-28-24(13-21)30(38-37-28)31(2)14-25-26(17-33-18-29(25)36-31)27-8-3-4-11-34-27/h3-4,8-13,15-18,20,35-36H,1,5-7,14H2,2H3,(H,37,38). The van der Waals surface area contributed by atoms with Gasteiger partial charge in [-0.2, -0.15) is 5.10 Å². The highest BCUT2D eigenvalue weighted by atomic mass is 15.2. The predicted octanol–water partition coefficient (Wildman–Crippen LogP) is 6.69. The van der Waals surface area contributed by atoms with Gasteiger partial charge in [0, 0.05) is 47.2 Å². The molecule has 1 fully saturated rings. The predicted molar refractivity (Wildman–Crippen MR) is 152 cm³/mol. The SMILES string of the molecule is C=C(Nc1cncc(-c2ccc3n[nH]c(C4(C)Cc5c(cncc5-c5ccccn5)N4)c3c2)c1)C1CCC1. The molecule has 0 radical (unpaired) electrons. The summed E-state index contributed by atoms with van der Waals surface area (Å²) in [5.41, 5.74) is 10.1. The van der Waals surface area contributed by atoms with Crippen LogP contribution in [0.25, 0.3) is 33.3 Å². The average Bonchev–Trinajstić information content (AvgIpc) is 3.49. The third kappa shape index (κ3) is 3.82. The summed E-state index contributed by atoms with van der Waals surface area (Å²) in [6, 6.07) is 14.5. The Kier molecular flexibility index (Phi) is 5.25. The van der Waals surface area contributed by atoms with Gasteiger partial charge in [0.15, 0.2) is 0 Å². The summed E-state index contributed by atoms with van der Waals surface area (Å²) in [6.45, 7) is 6.46. The maximum Gasteiger partial charge on any atom is 0.0925 e. The summed E-state index contributed by atoms with van der Waals surface area (Å²) in [5.74, 6) is 0.570. The second kappa shape index (κ2) is 8.80. The van der Waals surface area contributed by atoms with E-state index >= 15 is 0 Å². The van der Waals surface area contributed by atoms with Crippen LogP contribution in [0.3, 0.4) is 0 Å². The van der Waals surface area contributed by atoms with E-state index in [0.717, 1.165) is 62.5 Å². The smallest absolute Gasteiger partial charge is 0.0925 e. The van der Waals surface area contributed by atoms with Gasteiger partial charge in [-0.1, -0.05) is 25.1 Å². The molecule has 188 valence electrons. The number of allylic oxidation sites excluding steroid dienone is 1. The molecule has 5 aromatic rings. The zero-order valence-corrected chi connectivity index (χ0v) is 21.3. The number of fused-ring (bicyclic) bond motifs is 2. The quantitative estimate of drug-likeness (QED) is 0.241. The highest BCUT2D eigenvalue weighted by molar-refractivity contribution is 5.89. The summed E-state index contributed by atoms with van der Waals surface area (Å²) >= 11 is 0. The Balaban J connectivity index is 1.22. The van der Waals surface area contributed by atoms with Crippen molar-refractivity contribution in [2.75, 3.05) is 10.6 Å². The Labute approximate surface area is 221 Å². The van der Waals surface area contributed by atoms with Crippen LogP contribution in [0.15, 0.2) is 85.7 Å². The van der Waals surface area contributed by atoms with E-state index < -0.39 is 0 Å². The fourth-order valence-corrected chi connectivity index (χ4v) is 5.69. The molecule has 38 heavy (non-hydrogen) atoms. The maximum absolute atomic E-state index is 4.65. The Hall–Kier alpha value is -4.52. The number of hydrogen-bond acceptors (Lipinski definition) is 6. The number of nitrogens with zero attached hydrogens (tertiary/aromatic N) is 4. The third-order valence-electron chi connectivity index (χ3n) is 8.02. The molecule has 1 atom stereocenters. The van der Waals surface area contributed by atoms with Crippen molar-refractivity contribution in [3.8, 4) is 22.4 Å². The molecule has 2 aliphatic rings. The first-order chi connectivity index (χ1) is 18.6. The minimum absolute atomic E-state index is 0.371. The Bertz CT molecular complexity index is 1670. The van der Waals surface area contributed by atoms with Gasteiger partial charge in [0.1, 0.15) is 0 Å². The summed E-state index contributed by atoms with van der Waals surface area (Å²) in [4.78, 5) is 13.6. The van der Waals surface area contributed by atoms with Crippen molar-refractivity contribution in [2.24, 2.45) is 5.92 Å². The van der Waals surface area contributed by atoms with Crippen LogP contribution in [0.1, 0.15) is 37.4 Å². The van der Waals surface area contributed by atoms with Gasteiger partial charge < -0.3 is 10.6 Å². The normalized spacial score (nSPS) is 18.6. The lowest BCUT2D eigenvalue weighted by Gasteiger charge is -2.28. The molecule has 7 rings (SSSR count). The highest BCUT2D eigenvalue weighted by Crippen LogP contribution is 2.44. The van der Waals surface area contributed by atoms with Crippen LogP contribution in [0.4, 0.5) is 11.4 Å². The number of hydrogen-bond donors (Lipinski definition) is 3. The second-order valence-electron chi connectivity index (χ2n) is 10.6. The number of benzene rings is 1. The van der Waals surface area contributed by atoms with E-state index in [0.29, 0.717) is 5.92 Å². The van der Waals surface area contributed by atoms with Gasteiger partial charge in [-0.05, 0) is 67.1 Å². The van der Waals surface area contributed by atoms with E-state index in [1.165, 1.54) is 24.8 Å².